The predicted octanol–water partition coefficient (Wildman–Crippen LogP) is 4.76. The molecular formula is C34H36F3N7O3. The molecule has 1 spiro atoms. The summed E-state index contributed by atoms with van der Waals surface area (Å²) >= 11 is 0. The molecule has 4 aliphatic rings. The summed E-state index contributed by atoms with van der Waals surface area (Å²) in [7, 11) is 0. The van der Waals surface area contributed by atoms with Crippen molar-refractivity contribution in [1.29, 1.82) is 0 Å². The van der Waals surface area contributed by atoms with Crippen LogP contribution in [-0.4, -0.2) is 57.3 Å². The van der Waals surface area contributed by atoms with E-state index in [1.165, 1.54) is 6.07 Å². The van der Waals surface area contributed by atoms with Gasteiger partial charge in [0.25, 0.3) is 5.91 Å². The normalized spacial score (nSPS) is 19.4. The molecular weight excluding hydrogens is 611 g/mol. The third-order valence-electron chi connectivity index (χ3n) is 9.63. The number of amides is 2. The fourth-order valence-corrected chi connectivity index (χ4v) is 6.56. The summed E-state index contributed by atoms with van der Waals surface area (Å²) in [5, 5.41) is 2.90. The molecule has 0 radical (unpaired) electrons. The summed E-state index contributed by atoms with van der Waals surface area (Å²) < 4.78 is 46.6. The molecule has 246 valence electrons. The minimum atomic E-state index is -4.55. The number of aliphatic imine (C=N–C) groups is 1. The molecule has 10 nitrogen and oxygen atoms in total. The van der Waals surface area contributed by atoms with Crippen molar-refractivity contribution >= 4 is 23.3 Å². The number of primary amides is 1. The molecule has 1 aromatic carbocycles. The van der Waals surface area contributed by atoms with Gasteiger partial charge in [-0.1, -0.05) is 18.6 Å². The zero-order chi connectivity index (χ0) is 32.9. The molecule has 3 fully saturated rings. The van der Waals surface area contributed by atoms with Gasteiger partial charge in [0.1, 0.15) is 22.9 Å². The Morgan fingerprint density at radius 1 is 1.09 bits per heavy atom. The maximum atomic E-state index is 13.5. The van der Waals surface area contributed by atoms with Crippen molar-refractivity contribution in [3.63, 3.8) is 0 Å². The second-order valence-corrected chi connectivity index (χ2v) is 13.0. The summed E-state index contributed by atoms with van der Waals surface area (Å²) in [6, 6.07) is 8.52. The minimum Gasteiger partial charge on any atom is -0.373 e. The number of carbonyl (C=O) groups excluding carboxylic acids is 2. The zero-order valence-electron chi connectivity index (χ0n) is 26.1. The summed E-state index contributed by atoms with van der Waals surface area (Å²) in [4.78, 5) is 44.8. The van der Waals surface area contributed by atoms with Gasteiger partial charge in [0.05, 0.1) is 24.8 Å². The average Bonchev–Trinajstić information content (AvgIpc) is 3.78. The van der Waals surface area contributed by atoms with E-state index in [0.29, 0.717) is 55.5 Å². The molecule has 2 aliphatic heterocycles. The third kappa shape index (κ3) is 6.32. The van der Waals surface area contributed by atoms with Gasteiger partial charge in [-0.15, -0.1) is 0 Å². The van der Waals surface area contributed by atoms with Crippen LogP contribution < -0.4 is 16.0 Å². The lowest BCUT2D eigenvalue weighted by Gasteiger charge is -2.38. The van der Waals surface area contributed by atoms with Crippen LogP contribution in [0, 0.1) is 6.92 Å². The van der Waals surface area contributed by atoms with Crippen LogP contribution in [0.1, 0.15) is 84.9 Å². The Morgan fingerprint density at radius 3 is 2.49 bits per heavy atom. The maximum Gasteiger partial charge on any atom is 0.433 e. The van der Waals surface area contributed by atoms with Gasteiger partial charge < -0.3 is 20.7 Å². The highest BCUT2D eigenvalue weighted by Crippen LogP contribution is 2.41. The van der Waals surface area contributed by atoms with E-state index < -0.39 is 23.3 Å². The number of rotatable bonds is 9. The molecule has 2 saturated carbocycles. The van der Waals surface area contributed by atoms with Crippen molar-refractivity contribution in [3.05, 3.63) is 70.6 Å². The van der Waals surface area contributed by atoms with E-state index in [4.69, 9.17) is 15.5 Å². The van der Waals surface area contributed by atoms with Crippen molar-refractivity contribution in [2.75, 3.05) is 18.0 Å². The van der Waals surface area contributed by atoms with Crippen LogP contribution in [0.3, 0.4) is 0 Å². The summed E-state index contributed by atoms with van der Waals surface area (Å²) in [6.07, 6.45) is 2.84. The highest BCUT2D eigenvalue weighted by molar-refractivity contribution is 6.16. The van der Waals surface area contributed by atoms with Gasteiger partial charge in [-0.3, -0.25) is 14.6 Å². The van der Waals surface area contributed by atoms with Gasteiger partial charge >= 0.3 is 6.18 Å². The zero-order valence-corrected chi connectivity index (χ0v) is 26.1. The Labute approximate surface area is 270 Å². The van der Waals surface area contributed by atoms with Crippen LogP contribution in [-0.2, 0) is 33.5 Å². The van der Waals surface area contributed by atoms with Gasteiger partial charge in [-0.05, 0) is 69.2 Å². The van der Waals surface area contributed by atoms with Crippen molar-refractivity contribution in [1.82, 2.24) is 20.3 Å². The van der Waals surface area contributed by atoms with Gasteiger partial charge in [0, 0.05) is 53.3 Å². The van der Waals surface area contributed by atoms with E-state index in [9.17, 15) is 22.8 Å². The third-order valence-corrected chi connectivity index (χ3v) is 9.63. The molecule has 7 rings (SSSR count). The first-order chi connectivity index (χ1) is 22.5. The van der Waals surface area contributed by atoms with E-state index in [1.807, 2.05) is 19.1 Å². The largest absolute Gasteiger partial charge is 0.433 e. The first-order valence-corrected chi connectivity index (χ1v) is 16.1. The number of hydrogen-bond donors (Lipinski definition) is 2. The quantitative estimate of drug-likeness (QED) is 0.342. The molecule has 2 aliphatic carbocycles. The number of carbonyl (C=O) groups is 2. The summed E-state index contributed by atoms with van der Waals surface area (Å²) in [5.74, 6) is -0.132. The molecule has 47 heavy (non-hydrogen) atoms. The van der Waals surface area contributed by atoms with E-state index in [0.717, 1.165) is 66.2 Å². The number of nitrogens with one attached hydrogen (secondary N) is 1. The number of anilines is 1. The topological polar surface area (TPSA) is 136 Å². The molecule has 2 aromatic heterocycles. The number of ether oxygens (including phenoxy) is 1. The maximum absolute atomic E-state index is 13.5. The van der Waals surface area contributed by atoms with Crippen LogP contribution in [0.15, 0.2) is 41.5 Å². The summed E-state index contributed by atoms with van der Waals surface area (Å²) in [6.45, 7) is 3.41. The Morgan fingerprint density at radius 2 is 1.85 bits per heavy atom. The monoisotopic (exact) mass is 647 g/mol. The van der Waals surface area contributed by atoms with E-state index in [-0.39, 0.29) is 24.3 Å². The van der Waals surface area contributed by atoms with Gasteiger partial charge in [-0.25, -0.2) is 15.0 Å². The number of nitrogens with two attached hydrogens (primary N) is 1. The molecule has 4 heterocycles. The van der Waals surface area contributed by atoms with E-state index in [2.05, 4.69) is 31.2 Å². The molecule has 1 saturated heterocycles. The van der Waals surface area contributed by atoms with Gasteiger partial charge in [0.15, 0.2) is 0 Å². The highest BCUT2D eigenvalue weighted by Gasteiger charge is 2.47. The Hall–Kier alpha value is -4.39. The van der Waals surface area contributed by atoms with Crippen LogP contribution in [0.5, 0.6) is 0 Å². The lowest BCUT2D eigenvalue weighted by molar-refractivity contribution is -0.141. The number of benzene rings is 1. The Bertz CT molecular complexity index is 1760. The number of amidine groups is 1. The van der Waals surface area contributed by atoms with Crippen LogP contribution in [0.2, 0.25) is 0 Å². The molecule has 3 N–H and O–H groups in total. The predicted molar refractivity (Wildman–Crippen MR) is 168 cm³/mol. The molecule has 13 heteroatoms. The molecule has 3 aromatic rings. The standard InChI is InChI=1S/C34H36F3N7O3/c1-19-25(17-39-29(40-19)16-28(38)45)21-5-6-22(18-47-23-7-8-23)26(15-21)44-13-11-33(12-14-44)32(46)42-31(43-33)24-9-10-27(34(35,36)37)41-30(24)20-3-2-4-20/h5-6,9-10,15,17,20,23H,2-4,7-8,11-14,16,18H2,1H3,(H2,38,45)(H,42,43,46). The number of alkyl halides is 3. The van der Waals surface area contributed by atoms with E-state index in [1.54, 1.807) is 6.20 Å². The number of aromatic nitrogens is 3. The number of pyridine rings is 1. The molecule has 2 amide bonds. The first kappa shape index (κ1) is 31.2. The van der Waals surface area contributed by atoms with Crippen molar-refractivity contribution in [2.45, 2.75) is 88.6 Å². The Balaban J connectivity index is 1.15. The fourth-order valence-electron chi connectivity index (χ4n) is 6.56. The highest BCUT2D eigenvalue weighted by atomic mass is 19.4. The molecule has 0 atom stereocenters. The lowest BCUT2D eigenvalue weighted by Crippen LogP contribution is -2.49. The van der Waals surface area contributed by atoms with E-state index >= 15 is 0 Å². The van der Waals surface area contributed by atoms with Crippen LogP contribution in [0.4, 0.5) is 18.9 Å². The van der Waals surface area contributed by atoms with Gasteiger partial charge in [0.2, 0.25) is 5.91 Å². The lowest BCUT2D eigenvalue weighted by atomic mass is 9.80. The fraction of sp³-hybridized carbons (Fsp3) is 0.471. The minimum absolute atomic E-state index is 0.0333. The van der Waals surface area contributed by atoms with Crippen molar-refractivity contribution in [3.8, 4) is 11.1 Å². The number of aryl methyl sites for hydroxylation is 1. The Kier molecular flexibility index (Phi) is 7.97. The van der Waals surface area contributed by atoms with Crippen LogP contribution >= 0.6 is 0 Å². The van der Waals surface area contributed by atoms with Gasteiger partial charge in [-0.2, -0.15) is 13.2 Å². The smallest absolute Gasteiger partial charge is 0.373 e. The van der Waals surface area contributed by atoms with Crippen molar-refractivity contribution in [2.24, 2.45) is 10.7 Å². The average molecular weight is 648 g/mol. The second kappa shape index (κ2) is 12.0. The molecule has 0 unspecified atom stereocenters. The summed E-state index contributed by atoms with van der Waals surface area (Å²) in [5.41, 5.74) is 8.71. The van der Waals surface area contributed by atoms with Crippen LogP contribution in [0.25, 0.3) is 11.1 Å². The number of piperidine rings is 1. The number of hydrogen-bond acceptors (Lipinski definition) is 8. The number of halogens is 3. The second-order valence-electron chi connectivity index (χ2n) is 13.0. The molecule has 0 bridgehead atoms. The number of nitrogens with zero attached hydrogens (tertiary/aromatic N) is 5. The van der Waals surface area contributed by atoms with Crippen molar-refractivity contribution < 1.29 is 27.5 Å². The SMILES string of the molecule is Cc1nc(CC(N)=O)ncc1-c1ccc(COC2CC2)c(N2CCC3(CC2)N=C(c2ccc(C(F)(F)F)nc2C2CCC2)NC3=O)c1. The first-order valence-electron chi connectivity index (χ1n) is 16.1.